The molecule has 2 nitrogen and oxygen atoms in total. The topological polar surface area (TPSA) is 46.2 Å². The van der Waals surface area contributed by atoms with Gasteiger partial charge in [-0.3, -0.25) is 0 Å². The average Bonchev–Trinajstić information content (AvgIpc) is 2.29. The highest BCUT2D eigenvalue weighted by atomic mass is 16.3. The van der Waals surface area contributed by atoms with Gasteiger partial charge in [-0.1, -0.05) is 31.4 Å². The van der Waals surface area contributed by atoms with Crippen molar-refractivity contribution in [1.82, 2.24) is 0 Å². The highest BCUT2D eigenvalue weighted by Gasteiger charge is 2.21. The Balaban J connectivity index is 2.08. The molecule has 15 heavy (non-hydrogen) atoms. The molecular weight excluding hydrogens is 186 g/mol. The van der Waals surface area contributed by atoms with E-state index in [9.17, 15) is 5.11 Å². The molecule has 0 aromatic heterocycles. The van der Waals surface area contributed by atoms with Crippen molar-refractivity contribution in [2.24, 2.45) is 11.7 Å². The van der Waals surface area contributed by atoms with Crippen molar-refractivity contribution < 1.29 is 5.11 Å². The first-order valence-electron chi connectivity index (χ1n) is 5.82. The molecule has 0 aliphatic heterocycles. The van der Waals surface area contributed by atoms with Gasteiger partial charge in [-0.2, -0.15) is 0 Å². The van der Waals surface area contributed by atoms with Gasteiger partial charge in [0.05, 0.1) is 0 Å². The van der Waals surface area contributed by atoms with Crippen molar-refractivity contribution in [2.45, 2.75) is 38.1 Å². The second-order valence-electron chi connectivity index (χ2n) is 4.52. The molecule has 1 fully saturated rings. The Bertz CT molecular complexity index is 318. The van der Waals surface area contributed by atoms with Crippen LogP contribution in [0.3, 0.4) is 0 Å². The summed E-state index contributed by atoms with van der Waals surface area (Å²) in [6, 6.07) is 7.46. The van der Waals surface area contributed by atoms with Crippen molar-refractivity contribution in [3.05, 3.63) is 29.8 Å². The van der Waals surface area contributed by atoms with Crippen LogP contribution >= 0.6 is 0 Å². The van der Waals surface area contributed by atoms with E-state index in [0.29, 0.717) is 11.7 Å². The van der Waals surface area contributed by atoms with E-state index in [0.717, 1.165) is 5.56 Å². The van der Waals surface area contributed by atoms with Crippen LogP contribution < -0.4 is 5.73 Å². The number of aromatic hydroxyl groups is 1. The fraction of sp³-hybridized carbons (Fsp3) is 0.538. The Morgan fingerprint density at radius 1 is 1.20 bits per heavy atom. The third-order valence-corrected chi connectivity index (χ3v) is 3.41. The third kappa shape index (κ3) is 2.51. The van der Waals surface area contributed by atoms with Gasteiger partial charge >= 0.3 is 0 Å². The van der Waals surface area contributed by atoms with Crippen molar-refractivity contribution in [3.63, 3.8) is 0 Å². The summed E-state index contributed by atoms with van der Waals surface area (Å²) in [7, 11) is 0. The summed E-state index contributed by atoms with van der Waals surface area (Å²) in [6.07, 6.45) is 6.42. The van der Waals surface area contributed by atoms with E-state index >= 15 is 0 Å². The summed E-state index contributed by atoms with van der Waals surface area (Å²) in [6.45, 7) is 0. The van der Waals surface area contributed by atoms with Crippen LogP contribution in [-0.4, -0.2) is 5.11 Å². The average molecular weight is 205 g/mol. The van der Waals surface area contributed by atoms with Gasteiger partial charge in [-0.05, 0) is 36.5 Å². The lowest BCUT2D eigenvalue weighted by Gasteiger charge is -2.27. The first kappa shape index (κ1) is 10.5. The molecule has 82 valence electrons. The van der Waals surface area contributed by atoms with Crippen LogP contribution in [0.2, 0.25) is 0 Å². The molecule has 2 heteroatoms. The number of hydrogen-bond acceptors (Lipinski definition) is 2. The van der Waals surface area contributed by atoms with E-state index in [4.69, 9.17) is 5.73 Å². The zero-order valence-corrected chi connectivity index (χ0v) is 9.02. The van der Waals surface area contributed by atoms with Crippen molar-refractivity contribution >= 4 is 0 Å². The normalized spacial score (nSPS) is 20.1. The monoisotopic (exact) mass is 205 g/mol. The van der Waals surface area contributed by atoms with E-state index in [1.54, 1.807) is 12.1 Å². The van der Waals surface area contributed by atoms with Gasteiger partial charge in [0.15, 0.2) is 0 Å². The second kappa shape index (κ2) is 4.67. The van der Waals surface area contributed by atoms with E-state index in [-0.39, 0.29) is 6.04 Å². The van der Waals surface area contributed by atoms with Gasteiger partial charge < -0.3 is 10.8 Å². The maximum absolute atomic E-state index is 9.40. The Morgan fingerprint density at radius 2 is 1.93 bits per heavy atom. The largest absolute Gasteiger partial charge is 0.508 e. The van der Waals surface area contributed by atoms with Crippen LogP contribution in [-0.2, 0) is 0 Å². The number of rotatable bonds is 2. The fourth-order valence-electron chi connectivity index (χ4n) is 2.50. The molecule has 1 saturated carbocycles. The second-order valence-corrected chi connectivity index (χ2v) is 4.52. The predicted molar refractivity (Wildman–Crippen MR) is 61.6 cm³/mol. The predicted octanol–water partition coefficient (Wildman–Crippen LogP) is 2.97. The third-order valence-electron chi connectivity index (χ3n) is 3.41. The number of benzene rings is 1. The number of nitrogens with two attached hydrogens (primary N) is 1. The standard InChI is InChI=1S/C13H19NO/c14-13(10-5-2-1-3-6-10)11-7-4-8-12(15)9-11/h4,7-10,13,15H,1-3,5-6,14H2. The van der Waals surface area contributed by atoms with Crippen LogP contribution in [0.15, 0.2) is 24.3 Å². The summed E-state index contributed by atoms with van der Waals surface area (Å²) in [5, 5.41) is 9.40. The Labute approximate surface area is 91.1 Å². The molecule has 0 heterocycles. The molecule has 1 unspecified atom stereocenters. The lowest BCUT2D eigenvalue weighted by Crippen LogP contribution is -2.23. The SMILES string of the molecule is NC(c1cccc(O)c1)C1CCCCC1. The first-order chi connectivity index (χ1) is 7.27. The van der Waals surface area contributed by atoms with Gasteiger partial charge in [0.2, 0.25) is 0 Å². The van der Waals surface area contributed by atoms with Gasteiger partial charge in [0.1, 0.15) is 5.75 Å². The summed E-state index contributed by atoms with van der Waals surface area (Å²) in [5.74, 6) is 0.916. The highest BCUT2D eigenvalue weighted by Crippen LogP contribution is 2.33. The molecule has 0 amide bonds. The summed E-state index contributed by atoms with van der Waals surface area (Å²) >= 11 is 0. The quantitative estimate of drug-likeness (QED) is 0.779. The number of hydrogen-bond donors (Lipinski definition) is 2. The summed E-state index contributed by atoms with van der Waals surface area (Å²) < 4.78 is 0. The minimum absolute atomic E-state index is 0.0948. The molecule has 3 N–H and O–H groups in total. The van der Waals surface area contributed by atoms with Crippen LogP contribution in [0.25, 0.3) is 0 Å². The van der Waals surface area contributed by atoms with Gasteiger partial charge in [-0.15, -0.1) is 0 Å². The maximum Gasteiger partial charge on any atom is 0.115 e. The molecule has 0 spiro atoms. The fourth-order valence-corrected chi connectivity index (χ4v) is 2.50. The molecule has 1 atom stereocenters. The zero-order valence-electron chi connectivity index (χ0n) is 9.02. The lowest BCUT2D eigenvalue weighted by molar-refractivity contribution is 0.307. The Morgan fingerprint density at radius 3 is 2.60 bits per heavy atom. The van der Waals surface area contributed by atoms with Gasteiger partial charge in [0.25, 0.3) is 0 Å². The first-order valence-corrected chi connectivity index (χ1v) is 5.82. The van der Waals surface area contributed by atoms with E-state index in [1.165, 1.54) is 32.1 Å². The van der Waals surface area contributed by atoms with Crippen molar-refractivity contribution in [1.29, 1.82) is 0 Å². The van der Waals surface area contributed by atoms with Crippen molar-refractivity contribution in [3.8, 4) is 5.75 Å². The van der Waals surface area contributed by atoms with Gasteiger partial charge in [-0.25, -0.2) is 0 Å². The zero-order chi connectivity index (χ0) is 10.7. The van der Waals surface area contributed by atoms with Crippen LogP contribution in [0.5, 0.6) is 5.75 Å². The number of phenolic OH excluding ortho intramolecular Hbond substituents is 1. The summed E-state index contributed by atoms with van der Waals surface area (Å²) in [5.41, 5.74) is 7.30. The molecule has 0 radical (unpaired) electrons. The van der Waals surface area contributed by atoms with E-state index in [2.05, 4.69) is 0 Å². The molecule has 2 rings (SSSR count). The molecule has 1 aromatic carbocycles. The smallest absolute Gasteiger partial charge is 0.115 e. The van der Waals surface area contributed by atoms with E-state index in [1.807, 2.05) is 12.1 Å². The van der Waals surface area contributed by atoms with Crippen LogP contribution in [0.1, 0.15) is 43.7 Å². The molecule has 0 bridgehead atoms. The minimum Gasteiger partial charge on any atom is -0.508 e. The van der Waals surface area contributed by atoms with Crippen LogP contribution in [0.4, 0.5) is 0 Å². The van der Waals surface area contributed by atoms with E-state index < -0.39 is 0 Å². The molecule has 1 aliphatic rings. The molecule has 1 aliphatic carbocycles. The molecule has 1 aromatic rings. The maximum atomic E-state index is 9.40. The molecule has 0 saturated heterocycles. The minimum atomic E-state index is 0.0948. The van der Waals surface area contributed by atoms with Crippen molar-refractivity contribution in [2.75, 3.05) is 0 Å². The Kier molecular flexibility index (Phi) is 3.27. The number of phenols is 1. The highest BCUT2D eigenvalue weighted by molar-refractivity contribution is 5.29. The Hall–Kier alpha value is -1.02. The summed E-state index contributed by atoms with van der Waals surface area (Å²) in [4.78, 5) is 0. The van der Waals surface area contributed by atoms with Gasteiger partial charge in [0, 0.05) is 6.04 Å². The molecular formula is C13H19NO. The van der Waals surface area contributed by atoms with Crippen LogP contribution in [0, 0.1) is 5.92 Å². The lowest BCUT2D eigenvalue weighted by atomic mass is 9.81.